The Morgan fingerprint density at radius 2 is 2.00 bits per heavy atom. The highest BCUT2D eigenvalue weighted by atomic mass is 16.5. The molecule has 4 heteroatoms. The standard InChI is InChI=1S/C10H18N2O2/c1-8(13)11-9-2-4-12(5-3-9)10-6-14-7-10/h9-10H,2-7H2,1H3,(H,11,13). The molecule has 0 spiro atoms. The number of ether oxygens (including phenoxy) is 1. The summed E-state index contributed by atoms with van der Waals surface area (Å²) in [6.07, 6.45) is 2.16. The van der Waals surface area contributed by atoms with Crippen molar-refractivity contribution in [1.82, 2.24) is 10.2 Å². The van der Waals surface area contributed by atoms with Crippen LogP contribution in [0.2, 0.25) is 0 Å². The molecule has 1 N–H and O–H groups in total. The molecule has 2 rings (SSSR count). The molecule has 2 heterocycles. The van der Waals surface area contributed by atoms with E-state index in [1.165, 1.54) is 0 Å². The molecule has 0 aromatic heterocycles. The van der Waals surface area contributed by atoms with Gasteiger partial charge in [0.05, 0.1) is 19.3 Å². The zero-order valence-electron chi connectivity index (χ0n) is 8.66. The highest BCUT2D eigenvalue weighted by Gasteiger charge is 2.29. The smallest absolute Gasteiger partial charge is 0.217 e. The number of amides is 1. The third-order valence-electron chi connectivity index (χ3n) is 3.07. The zero-order valence-corrected chi connectivity index (χ0v) is 8.66. The highest BCUT2D eigenvalue weighted by Crippen LogP contribution is 2.17. The number of rotatable bonds is 2. The van der Waals surface area contributed by atoms with Gasteiger partial charge in [-0.15, -0.1) is 0 Å². The van der Waals surface area contributed by atoms with Gasteiger partial charge in [-0.3, -0.25) is 9.69 Å². The lowest BCUT2D eigenvalue weighted by molar-refractivity contribution is -0.120. The van der Waals surface area contributed by atoms with Gasteiger partial charge in [-0.2, -0.15) is 0 Å². The Morgan fingerprint density at radius 1 is 1.36 bits per heavy atom. The van der Waals surface area contributed by atoms with Crippen LogP contribution in [0.5, 0.6) is 0 Å². The molecule has 0 bridgehead atoms. The fraction of sp³-hybridized carbons (Fsp3) is 0.900. The largest absolute Gasteiger partial charge is 0.378 e. The van der Waals surface area contributed by atoms with Crippen molar-refractivity contribution in [2.24, 2.45) is 0 Å². The van der Waals surface area contributed by atoms with Crippen LogP contribution < -0.4 is 5.32 Å². The predicted molar refractivity (Wildman–Crippen MR) is 53.0 cm³/mol. The van der Waals surface area contributed by atoms with Gasteiger partial charge < -0.3 is 10.1 Å². The zero-order chi connectivity index (χ0) is 9.97. The van der Waals surface area contributed by atoms with E-state index in [-0.39, 0.29) is 5.91 Å². The summed E-state index contributed by atoms with van der Waals surface area (Å²) in [4.78, 5) is 13.3. The highest BCUT2D eigenvalue weighted by molar-refractivity contribution is 5.73. The summed E-state index contributed by atoms with van der Waals surface area (Å²) in [6.45, 7) is 5.57. The summed E-state index contributed by atoms with van der Waals surface area (Å²) in [7, 11) is 0. The van der Waals surface area contributed by atoms with Crippen LogP contribution in [0.3, 0.4) is 0 Å². The van der Waals surface area contributed by atoms with Crippen molar-refractivity contribution in [1.29, 1.82) is 0 Å². The number of nitrogens with zero attached hydrogens (tertiary/aromatic N) is 1. The van der Waals surface area contributed by atoms with Gasteiger partial charge in [-0.05, 0) is 12.8 Å². The van der Waals surface area contributed by atoms with Crippen LogP contribution in [0.4, 0.5) is 0 Å². The van der Waals surface area contributed by atoms with Crippen LogP contribution in [0.25, 0.3) is 0 Å². The van der Waals surface area contributed by atoms with Crippen molar-refractivity contribution in [3.05, 3.63) is 0 Å². The summed E-state index contributed by atoms with van der Waals surface area (Å²) in [5.74, 6) is 0.0930. The summed E-state index contributed by atoms with van der Waals surface area (Å²) in [5.41, 5.74) is 0. The second kappa shape index (κ2) is 4.28. The lowest BCUT2D eigenvalue weighted by Crippen LogP contribution is -2.54. The molecule has 2 aliphatic rings. The summed E-state index contributed by atoms with van der Waals surface area (Å²) in [6, 6.07) is 1.04. The van der Waals surface area contributed by atoms with Crippen LogP contribution in [0, 0.1) is 0 Å². The van der Waals surface area contributed by atoms with Gasteiger partial charge in [-0.1, -0.05) is 0 Å². The molecule has 1 amide bonds. The van der Waals surface area contributed by atoms with Crippen molar-refractivity contribution >= 4 is 5.91 Å². The van der Waals surface area contributed by atoms with Gasteiger partial charge in [0.25, 0.3) is 0 Å². The number of piperidine rings is 1. The van der Waals surface area contributed by atoms with Crippen molar-refractivity contribution < 1.29 is 9.53 Å². The predicted octanol–water partition coefficient (Wildman–Crippen LogP) is -0.0143. The van der Waals surface area contributed by atoms with Gasteiger partial charge in [0.1, 0.15) is 0 Å². The molecular weight excluding hydrogens is 180 g/mol. The molecule has 0 aromatic rings. The van der Waals surface area contributed by atoms with Crippen molar-refractivity contribution in [2.75, 3.05) is 26.3 Å². The van der Waals surface area contributed by atoms with Crippen LogP contribution in [0.1, 0.15) is 19.8 Å². The van der Waals surface area contributed by atoms with Crippen molar-refractivity contribution in [3.63, 3.8) is 0 Å². The minimum absolute atomic E-state index is 0.0930. The summed E-state index contributed by atoms with van der Waals surface area (Å²) in [5, 5.41) is 2.98. The number of carbonyl (C=O) groups excluding carboxylic acids is 1. The number of hydrogen-bond donors (Lipinski definition) is 1. The fourth-order valence-electron chi connectivity index (χ4n) is 2.13. The fourth-order valence-corrected chi connectivity index (χ4v) is 2.13. The van der Waals surface area contributed by atoms with Gasteiger partial charge in [-0.25, -0.2) is 0 Å². The Hall–Kier alpha value is -0.610. The molecule has 0 unspecified atom stereocenters. The van der Waals surface area contributed by atoms with E-state index in [1.807, 2.05) is 0 Å². The summed E-state index contributed by atoms with van der Waals surface area (Å²) < 4.78 is 5.17. The third kappa shape index (κ3) is 2.25. The van der Waals surface area contributed by atoms with E-state index in [0.717, 1.165) is 39.1 Å². The molecule has 0 saturated carbocycles. The second-order valence-corrected chi connectivity index (χ2v) is 4.20. The van der Waals surface area contributed by atoms with Crippen molar-refractivity contribution in [2.45, 2.75) is 31.8 Å². The monoisotopic (exact) mass is 198 g/mol. The lowest BCUT2D eigenvalue weighted by atomic mass is 10.0. The van der Waals surface area contributed by atoms with Gasteiger partial charge in [0, 0.05) is 26.1 Å². The van der Waals surface area contributed by atoms with E-state index in [4.69, 9.17) is 4.74 Å². The summed E-state index contributed by atoms with van der Waals surface area (Å²) >= 11 is 0. The van der Waals surface area contributed by atoms with Crippen LogP contribution in [-0.4, -0.2) is 49.2 Å². The molecule has 80 valence electrons. The average molecular weight is 198 g/mol. The van der Waals surface area contributed by atoms with Crippen LogP contribution in [-0.2, 0) is 9.53 Å². The first-order chi connectivity index (χ1) is 6.75. The number of carbonyl (C=O) groups is 1. The molecule has 0 radical (unpaired) electrons. The van der Waals surface area contributed by atoms with E-state index in [9.17, 15) is 4.79 Å². The van der Waals surface area contributed by atoms with E-state index in [1.54, 1.807) is 6.92 Å². The molecular formula is C10H18N2O2. The van der Waals surface area contributed by atoms with Crippen LogP contribution >= 0.6 is 0 Å². The number of likely N-dealkylation sites (tertiary alicyclic amines) is 1. The first-order valence-electron chi connectivity index (χ1n) is 5.34. The third-order valence-corrected chi connectivity index (χ3v) is 3.07. The molecule has 14 heavy (non-hydrogen) atoms. The topological polar surface area (TPSA) is 41.6 Å². The number of hydrogen-bond acceptors (Lipinski definition) is 3. The van der Waals surface area contributed by atoms with E-state index in [0.29, 0.717) is 12.1 Å². The van der Waals surface area contributed by atoms with Gasteiger partial charge in [0.15, 0.2) is 0 Å². The second-order valence-electron chi connectivity index (χ2n) is 4.20. The Kier molecular flexibility index (Phi) is 3.03. The van der Waals surface area contributed by atoms with E-state index in [2.05, 4.69) is 10.2 Å². The maximum atomic E-state index is 10.8. The van der Waals surface area contributed by atoms with Gasteiger partial charge in [0.2, 0.25) is 5.91 Å². The molecule has 2 aliphatic heterocycles. The molecule has 0 aliphatic carbocycles. The first-order valence-corrected chi connectivity index (χ1v) is 5.34. The maximum Gasteiger partial charge on any atom is 0.217 e. The Balaban J connectivity index is 1.71. The van der Waals surface area contributed by atoms with Crippen molar-refractivity contribution in [3.8, 4) is 0 Å². The van der Waals surface area contributed by atoms with E-state index >= 15 is 0 Å². The normalized spacial score (nSPS) is 25.8. The minimum atomic E-state index is 0.0930. The lowest BCUT2D eigenvalue weighted by Gasteiger charge is -2.41. The van der Waals surface area contributed by atoms with Gasteiger partial charge >= 0.3 is 0 Å². The SMILES string of the molecule is CC(=O)NC1CCN(C2COC2)CC1. The molecule has 4 nitrogen and oxygen atoms in total. The minimum Gasteiger partial charge on any atom is -0.378 e. The quantitative estimate of drug-likeness (QED) is 0.678. The van der Waals surface area contributed by atoms with E-state index < -0.39 is 0 Å². The average Bonchev–Trinajstić information content (AvgIpc) is 2.04. The maximum absolute atomic E-state index is 10.8. The molecule has 2 saturated heterocycles. The number of nitrogens with one attached hydrogen (secondary N) is 1. The Bertz CT molecular complexity index is 208. The Labute approximate surface area is 84.6 Å². The molecule has 2 fully saturated rings. The molecule has 0 aromatic carbocycles. The van der Waals surface area contributed by atoms with Crippen LogP contribution in [0.15, 0.2) is 0 Å². The first kappa shape index (κ1) is 9.93. The molecule has 0 atom stereocenters. The Morgan fingerprint density at radius 3 is 2.43 bits per heavy atom.